The SMILES string of the molecule is CN(Cc1ccccc1B(O)O)c1cccc(B(O)O)c1. The molecule has 4 N–H and O–H groups in total. The van der Waals surface area contributed by atoms with Crippen molar-refractivity contribution in [3.63, 3.8) is 0 Å². The minimum Gasteiger partial charge on any atom is -0.423 e. The molecule has 0 aliphatic heterocycles. The molecular weight excluding hydrogens is 268 g/mol. The van der Waals surface area contributed by atoms with Crippen molar-refractivity contribution in [2.24, 2.45) is 0 Å². The number of anilines is 1. The van der Waals surface area contributed by atoms with E-state index in [-0.39, 0.29) is 0 Å². The van der Waals surface area contributed by atoms with Gasteiger partial charge >= 0.3 is 14.2 Å². The van der Waals surface area contributed by atoms with E-state index in [1.165, 1.54) is 0 Å². The lowest BCUT2D eigenvalue weighted by Crippen LogP contribution is -2.35. The van der Waals surface area contributed by atoms with Crippen molar-refractivity contribution in [1.29, 1.82) is 0 Å². The van der Waals surface area contributed by atoms with E-state index in [9.17, 15) is 20.1 Å². The summed E-state index contributed by atoms with van der Waals surface area (Å²) >= 11 is 0. The van der Waals surface area contributed by atoms with Crippen LogP contribution in [0, 0.1) is 0 Å². The van der Waals surface area contributed by atoms with Crippen LogP contribution in [0.15, 0.2) is 48.5 Å². The van der Waals surface area contributed by atoms with E-state index in [4.69, 9.17) is 0 Å². The molecule has 0 amide bonds. The molecule has 0 spiro atoms. The standard InChI is InChI=1S/C14H17B2NO4/c1-17(13-7-4-6-12(9-13)15(18)19)10-11-5-2-3-8-14(11)16(20)21/h2-9,18-21H,10H2,1H3. The van der Waals surface area contributed by atoms with E-state index in [1.54, 1.807) is 30.3 Å². The van der Waals surface area contributed by atoms with Crippen LogP contribution in [0.3, 0.4) is 0 Å². The van der Waals surface area contributed by atoms with Crippen molar-refractivity contribution >= 4 is 30.8 Å². The van der Waals surface area contributed by atoms with Gasteiger partial charge < -0.3 is 25.0 Å². The van der Waals surface area contributed by atoms with Gasteiger partial charge in [-0.2, -0.15) is 0 Å². The summed E-state index contributed by atoms with van der Waals surface area (Å²) in [5.41, 5.74) is 2.48. The Morgan fingerprint density at radius 3 is 2.29 bits per heavy atom. The molecule has 0 saturated carbocycles. The Hall–Kier alpha value is -1.79. The zero-order valence-corrected chi connectivity index (χ0v) is 11.7. The predicted octanol–water partition coefficient (Wildman–Crippen LogP) is -1.32. The highest BCUT2D eigenvalue weighted by atomic mass is 16.4. The van der Waals surface area contributed by atoms with Gasteiger partial charge in [0.25, 0.3) is 0 Å². The van der Waals surface area contributed by atoms with Crippen LogP contribution in [0.25, 0.3) is 0 Å². The average molecular weight is 285 g/mol. The van der Waals surface area contributed by atoms with Gasteiger partial charge in [0.05, 0.1) is 0 Å². The monoisotopic (exact) mass is 285 g/mol. The second kappa shape index (κ2) is 6.78. The first-order valence-electron chi connectivity index (χ1n) is 6.60. The molecule has 0 saturated heterocycles. The van der Waals surface area contributed by atoms with Crippen LogP contribution >= 0.6 is 0 Å². The highest BCUT2D eigenvalue weighted by Gasteiger charge is 2.17. The first-order chi connectivity index (χ1) is 9.99. The Kier molecular flexibility index (Phi) is 5.03. The summed E-state index contributed by atoms with van der Waals surface area (Å²) in [4.78, 5) is 1.90. The maximum absolute atomic E-state index is 9.38. The third-order valence-corrected chi connectivity index (χ3v) is 3.35. The van der Waals surface area contributed by atoms with Crippen molar-refractivity contribution in [3.05, 3.63) is 54.1 Å². The number of hydrogen-bond donors (Lipinski definition) is 4. The number of hydrogen-bond acceptors (Lipinski definition) is 5. The molecule has 5 nitrogen and oxygen atoms in total. The number of nitrogens with zero attached hydrogens (tertiary/aromatic N) is 1. The molecular formula is C14H17B2NO4. The van der Waals surface area contributed by atoms with Crippen molar-refractivity contribution in [2.45, 2.75) is 6.54 Å². The zero-order valence-electron chi connectivity index (χ0n) is 11.7. The second-order valence-corrected chi connectivity index (χ2v) is 4.90. The topological polar surface area (TPSA) is 84.2 Å². The van der Waals surface area contributed by atoms with Crippen molar-refractivity contribution < 1.29 is 20.1 Å². The fourth-order valence-corrected chi connectivity index (χ4v) is 2.20. The largest absolute Gasteiger partial charge is 0.488 e. The first kappa shape index (κ1) is 15.6. The smallest absolute Gasteiger partial charge is 0.423 e. The minimum absolute atomic E-state index is 0.412. The molecule has 108 valence electrons. The maximum atomic E-state index is 9.38. The lowest BCUT2D eigenvalue weighted by Gasteiger charge is -2.21. The summed E-state index contributed by atoms with van der Waals surface area (Å²) in [6.45, 7) is 0.471. The van der Waals surface area contributed by atoms with Gasteiger partial charge in [0, 0.05) is 19.3 Å². The average Bonchev–Trinajstić information content (AvgIpc) is 2.47. The highest BCUT2D eigenvalue weighted by Crippen LogP contribution is 2.13. The quantitative estimate of drug-likeness (QED) is 0.512. The van der Waals surface area contributed by atoms with E-state index in [0.717, 1.165) is 11.3 Å². The Bertz CT molecular complexity index is 607. The molecule has 0 heterocycles. The molecule has 0 aliphatic rings. The molecule has 0 unspecified atom stereocenters. The van der Waals surface area contributed by atoms with Crippen LogP contribution in [-0.2, 0) is 6.54 Å². The fraction of sp³-hybridized carbons (Fsp3) is 0.143. The maximum Gasteiger partial charge on any atom is 0.488 e. The fourth-order valence-electron chi connectivity index (χ4n) is 2.20. The summed E-state index contributed by atoms with van der Waals surface area (Å²) in [6.07, 6.45) is 0. The van der Waals surface area contributed by atoms with Gasteiger partial charge in [-0.15, -0.1) is 0 Å². The van der Waals surface area contributed by atoms with E-state index in [0.29, 0.717) is 17.5 Å². The summed E-state index contributed by atoms with van der Waals surface area (Å²) in [5.74, 6) is 0. The van der Waals surface area contributed by atoms with Crippen molar-refractivity contribution in [3.8, 4) is 0 Å². The Labute approximate surface area is 124 Å². The van der Waals surface area contributed by atoms with Gasteiger partial charge in [-0.05, 0) is 28.6 Å². The van der Waals surface area contributed by atoms with Crippen LogP contribution in [0.5, 0.6) is 0 Å². The molecule has 2 rings (SSSR count). The lowest BCUT2D eigenvalue weighted by atomic mass is 9.77. The molecule has 0 bridgehead atoms. The lowest BCUT2D eigenvalue weighted by molar-refractivity contribution is 0.424. The van der Waals surface area contributed by atoms with E-state index in [1.807, 2.05) is 30.1 Å². The molecule has 0 fully saturated rings. The molecule has 2 aromatic rings. The van der Waals surface area contributed by atoms with Crippen molar-refractivity contribution in [2.75, 3.05) is 11.9 Å². The Balaban J connectivity index is 2.22. The molecule has 0 atom stereocenters. The molecule has 7 heteroatoms. The normalized spacial score (nSPS) is 10.3. The van der Waals surface area contributed by atoms with Crippen LogP contribution < -0.4 is 15.8 Å². The third-order valence-electron chi connectivity index (χ3n) is 3.35. The van der Waals surface area contributed by atoms with Crippen LogP contribution in [-0.4, -0.2) is 41.4 Å². The van der Waals surface area contributed by atoms with Gasteiger partial charge in [0.1, 0.15) is 0 Å². The minimum atomic E-state index is -1.51. The zero-order chi connectivity index (χ0) is 15.4. The van der Waals surface area contributed by atoms with Crippen LogP contribution in [0.2, 0.25) is 0 Å². The second-order valence-electron chi connectivity index (χ2n) is 4.90. The van der Waals surface area contributed by atoms with E-state index in [2.05, 4.69) is 0 Å². The van der Waals surface area contributed by atoms with Crippen LogP contribution in [0.4, 0.5) is 5.69 Å². The van der Waals surface area contributed by atoms with E-state index < -0.39 is 14.2 Å². The first-order valence-corrected chi connectivity index (χ1v) is 6.60. The Morgan fingerprint density at radius 1 is 0.905 bits per heavy atom. The highest BCUT2D eigenvalue weighted by molar-refractivity contribution is 6.59. The van der Waals surface area contributed by atoms with Crippen molar-refractivity contribution in [1.82, 2.24) is 0 Å². The van der Waals surface area contributed by atoms with Gasteiger partial charge in [-0.1, -0.05) is 36.4 Å². The molecule has 2 aromatic carbocycles. The van der Waals surface area contributed by atoms with Gasteiger partial charge in [-0.3, -0.25) is 0 Å². The molecule has 0 aliphatic carbocycles. The summed E-state index contributed by atoms with van der Waals surface area (Å²) in [5, 5.41) is 37.2. The predicted molar refractivity (Wildman–Crippen MR) is 84.6 cm³/mol. The molecule has 21 heavy (non-hydrogen) atoms. The van der Waals surface area contributed by atoms with Crippen LogP contribution in [0.1, 0.15) is 5.56 Å². The van der Waals surface area contributed by atoms with E-state index >= 15 is 0 Å². The van der Waals surface area contributed by atoms with Gasteiger partial charge in [0.15, 0.2) is 0 Å². The summed E-state index contributed by atoms with van der Waals surface area (Å²) in [7, 11) is -1.17. The number of rotatable bonds is 5. The summed E-state index contributed by atoms with van der Waals surface area (Å²) < 4.78 is 0. The van der Waals surface area contributed by atoms with Gasteiger partial charge in [-0.25, -0.2) is 0 Å². The number of benzene rings is 2. The van der Waals surface area contributed by atoms with Gasteiger partial charge in [0.2, 0.25) is 0 Å². The summed E-state index contributed by atoms with van der Waals surface area (Å²) in [6, 6.07) is 14.0. The Morgan fingerprint density at radius 2 is 1.62 bits per heavy atom. The third kappa shape index (κ3) is 3.86. The molecule has 0 aromatic heterocycles. The molecule has 0 radical (unpaired) electrons.